The molecule has 1 amide bonds. The zero-order chi connectivity index (χ0) is 23.7. The molecule has 9 heteroatoms. The molecule has 1 fully saturated rings. The number of anilines is 1. The first-order valence-electron chi connectivity index (χ1n) is 10.9. The fourth-order valence-electron chi connectivity index (χ4n) is 4.24. The Balaban J connectivity index is 1.40. The number of carbonyl (C=O) groups is 1. The van der Waals surface area contributed by atoms with Crippen molar-refractivity contribution in [1.29, 1.82) is 5.26 Å². The van der Waals surface area contributed by atoms with Crippen LogP contribution in [0.25, 0.3) is 22.3 Å². The van der Waals surface area contributed by atoms with Crippen LogP contribution in [-0.4, -0.2) is 63.5 Å². The highest BCUT2D eigenvalue weighted by Crippen LogP contribution is 2.30. The molecule has 0 aliphatic carbocycles. The predicted octanol–water partition coefficient (Wildman–Crippen LogP) is 2.90. The monoisotopic (exact) mass is 453 g/mol. The highest BCUT2D eigenvalue weighted by molar-refractivity contribution is 5.87. The first kappa shape index (κ1) is 21.3. The minimum absolute atomic E-state index is 0.0220. The van der Waals surface area contributed by atoms with Gasteiger partial charge in [0.15, 0.2) is 0 Å². The summed E-state index contributed by atoms with van der Waals surface area (Å²) < 4.78 is 9.00. The van der Waals surface area contributed by atoms with Crippen LogP contribution in [0.3, 0.4) is 0 Å². The standard InChI is InChI=1S/C25H23N7O2/c1-3-24(33)30-9-7-29(8-10-30)21-5-4-6-22(12-21)31-17-20(15-27-31)18-11-23(34-2)25-19(13-26)14-28-32(25)16-18/h3-6,11-12,14-17H,1,7-10H2,2H3. The number of ether oxygens (including phenoxy) is 1. The molecule has 0 unspecified atom stereocenters. The van der Waals surface area contributed by atoms with E-state index in [0.717, 1.165) is 35.6 Å². The predicted molar refractivity (Wildman–Crippen MR) is 128 cm³/mol. The summed E-state index contributed by atoms with van der Waals surface area (Å²) >= 11 is 0. The Hall–Kier alpha value is -4.58. The van der Waals surface area contributed by atoms with Crippen molar-refractivity contribution in [3.63, 3.8) is 0 Å². The van der Waals surface area contributed by atoms with Gasteiger partial charge in [0.2, 0.25) is 5.91 Å². The second-order valence-corrected chi connectivity index (χ2v) is 7.97. The van der Waals surface area contributed by atoms with Crippen molar-refractivity contribution in [3.05, 3.63) is 73.3 Å². The second-order valence-electron chi connectivity index (χ2n) is 7.97. The fourth-order valence-corrected chi connectivity index (χ4v) is 4.24. The number of carbonyl (C=O) groups excluding carboxylic acids is 1. The van der Waals surface area contributed by atoms with Gasteiger partial charge >= 0.3 is 0 Å². The molecule has 1 saturated heterocycles. The first-order valence-corrected chi connectivity index (χ1v) is 10.9. The number of fused-ring (bicyclic) bond motifs is 1. The number of nitriles is 1. The van der Waals surface area contributed by atoms with Gasteiger partial charge in [-0.3, -0.25) is 4.79 Å². The number of methoxy groups -OCH3 is 1. The van der Waals surface area contributed by atoms with Crippen LogP contribution in [0.2, 0.25) is 0 Å². The summed E-state index contributed by atoms with van der Waals surface area (Å²) in [6.07, 6.45) is 8.51. The number of benzene rings is 1. The molecule has 1 aliphatic heterocycles. The van der Waals surface area contributed by atoms with Crippen LogP contribution in [0.5, 0.6) is 5.75 Å². The molecule has 4 heterocycles. The normalized spacial score (nSPS) is 13.6. The summed E-state index contributed by atoms with van der Waals surface area (Å²) in [7, 11) is 1.58. The summed E-state index contributed by atoms with van der Waals surface area (Å²) in [5, 5.41) is 18.2. The van der Waals surface area contributed by atoms with Crippen molar-refractivity contribution in [3.8, 4) is 28.6 Å². The van der Waals surface area contributed by atoms with E-state index < -0.39 is 0 Å². The highest BCUT2D eigenvalue weighted by Gasteiger charge is 2.20. The number of hydrogen-bond donors (Lipinski definition) is 0. The molecule has 0 atom stereocenters. The number of aromatic nitrogens is 4. The van der Waals surface area contributed by atoms with Crippen molar-refractivity contribution >= 4 is 17.1 Å². The van der Waals surface area contributed by atoms with Crippen molar-refractivity contribution in [2.24, 2.45) is 0 Å². The van der Waals surface area contributed by atoms with Crippen LogP contribution in [0.1, 0.15) is 5.56 Å². The maximum atomic E-state index is 11.8. The van der Waals surface area contributed by atoms with Gasteiger partial charge in [0.25, 0.3) is 0 Å². The SMILES string of the molecule is C=CC(=O)N1CCN(c2cccc(-n3cc(-c4cc(OC)c5c(C#N)cnn5c4)cn3)c2)CC1. The van der Waals surface area contributed by atoms with Gasteiger partial charge in [0.05, 0.1) is 25.2 Å². The van der Waals surface area contributed by atoms with E-state index >= 15 is 0 Å². The Kier molecular flexibility index (Phi) is 5.47. The van der Waals surface area contributed by atoms with E-state index in [1.807, 2.05) is 40.2 Å². The van der Waals surface area contributed by atoms with Gasteiger partial charge in [-0.15, -0.1) is 0 Å². The Morgan fingerprint density at radius 2 is 1.88 bits per heavy atom. The molecule has 0 spiro atoms. The van der Waals surface area contributed by atoms with Gasteiger partial charge in [-0.2, -0.15) is 15.5 Å². The average Bonchev–Trinajstić information content (AvgIpc) is 3.55. The summed E-state index contributed by atoms with van der Waals surface area (Å²) in [5.74, 6) is 0.557. The lowest BCUT2D eigenvalue weighted by Gasteiger charge is -2.35. The van der Waals surface area contributed by atoms with E-state index in [2.05, 4.69) is 39.9 Å². The molecule has 3 aromatic heterocycles. The molecule has 5 rings (SSSR count). The summed E-state index contributed by atoms with van der Waals surface area (Å²) in [4.78, 5) is 15.9. The molecular formula is C25H23N7O2. The Morgan fingerprint density at radius 3 is 2.62 bits per heavy atom. The third-order valence-corrected chi connectivity index (χ3v) is 6.06. The molecule has 0 radical (unpaired) electrons. The zero-order valence-corrected chi connectivity index (χ0v) is 18.8. The Labute approximate surface area is 196 Å². The van der Waals surface area contributed by atoms with E-state index in [1.165, 1.54) is 12.3 Å². The van der Waals surface area contributed by atoms with E-state index in [-0.39, 0.29) is 5.91 Å². The molecule has 9 nitrogen and oxygen atoms in total. The van der Waals surface area contributed by atoms with Gasteiger partial charge in [-0.25, -0.2) is 9.20 Å². The van der Waals surface area contributed by atoms with Crippen LogP contribution >= 0.6 is 0 Å². The summed E-state index contributed by atoms with van der Waals surface area (Å²) in [5.41, 5.74) is 4.91. The van der Waals surface area contributed by atoms with Gasteiger partial charge in [-0.1, -0.05) is 12.6 Å². The van der Waals surface area contributed by atoms with Crippen LogP contribution < -0.4 is 9.64 Å². The third kappa shape index (κ3) is 3.75. The minimum atomic E-state index is -0.0220. The number of rotatable bonds is 5. The van der Waals surface area contributed by atoms with Crippen LogP contribution in [-0.2, 0) is 4.79 Å². The van der Waals surface area contributed by atoms with Crippen molar-refractivity contribution < 1.29 is 9.53 Å². The first-order chi connectivity index (χ1) is 16.6. The van der Waals surface area contributed by atoms with Gasteiger partial charge < -0.3 is 14.5 Å². The average molecular weight is 454 g/mol. The molecule has 0 N–H and O–H groups in total. The maximum Gasteiger partial charge on any atom is 0.246 e. The number of hydrogen-bond acceptors (Lipinski definition) is 6. The molecule has 34 heavy (non-hydrogen) atoms. The summed E-state index contributed by atoms with van der Waals surface area (Å²) in [6.45, 7) is 6.45. The fraction of sp³-hybridized carbons (Fsp3) is 0.200. The van der Waals surface area contributed by atoms with E-state index in [4.69, 9.17) is 4.74 Å². The highest BCUT2D eigenvalue weighted by atomic mass is 16.5. The third-order valence-electron chi connectivity index (χ3n) is 6.06. The smallest absolute Gasteiger partial charge is 0.246 e. The van der Waals surface area contributed by atoms with E-state index in [0.29, 0.717) is 29.9 Å². The van der Waals surface area contributed by atoms with Crippen LogP contribution in [0.15, 0.2) is 67.8 Å². The van der Waals surface area contributed by atoms with Gasteiger partial charge in [0.1, 0.15) is 22.9 Å². The molecule has 0 saturated carbocycles. The lowest BCUT2D eigenvalue weighted by atomic mass is 10.1. The molecular weight excluding hydrogens is 430 g/mol. The largest absolute Gasteiger partial charge is 0.494 e. The van der Waals surface area contributed by atoms with Crippen LogP contribution in [0.4, 0.5) is 5.69 Å². The van der Waals surface area contributed by atoms with Crippen LogP contribution in [0, 0.1) is 11.3 Å². The maximum absolute atomic E-state index is 11.8. The van der Waals surface area contributed by atoms with E-state index in [9.17, 15) is 10.1 Å². The Morgan fingerprint density at radius 1 is 1.09 bits per heavy atom. The number of nitrogens with zero attached hydrogens (tertiary/aromatic N) is 7. The molecule has 1 aromatic carbocycles. The summed E-state index contributed by atoms with van der Waals surface area (Å²) in [6, 6.07) is 12.2. The number of amides is 1. The second kappa shape index (κ2) is 8.75. The molecule has 1 aliphatic rings. The van der Waals surface area contributed by atoms with E-state index in [1.54, 1.807) is 17.8 Å². The molecule has 0 bridgehead atoms. The molecule has 4 aromatic rings. The van der Waals surface area contributed by atoms with Crippen molar-refractivity contribution in [2.45, 2.75) is 0 Å². The lowest BCUT2D eigenvalue weighted by Crippen LogP contribution is -2.48. The topological polar surface area (TPSA) is 91.7 Å². The lowest BCUT2D eigenvalue weighted by molar-refractivity contribution is -0.126. The molecule has 170 valence electrons. The number of piperazine rings is 1. The van der Waals surface area contributed by atoms with Crippen molar-refractivity contribution in [1.82, 2.24) is 24.3 Å². The Bertz CT molecular complexity index is 1420. The zero-order valence-electron chi connectivity index (χ0n) is 18.8. The van der Waals surface area contributed by atoms with Crippen molar-refractivity contribution in [2.75, 3.05) is 38.2 Å². The quantitative estimate of drug-likeness (QED) is 0.432. The minimum Gasteiger partial charge on any atom is -0.494 e. The van der Waals surface area contributed by atoms with Gasteiger partial charge in [0, 0.05) is 55.4 Å². The number of pyridine rings is 1. The van der Waals surface area contributed by atoms with Gasteiger partial charge in [-0.05, 0) is 30.3 Å².